The molecule has 0 atom stereocenters. The molecule has 92 valence electrons. The van der Waals surface area contributed by atoms with Gasteiger partial charge in [0.2, 0.25) is 0 Å². The molecule has 0 saturated carbocycles. The number of nitrogens with one attached hydrogen (secondary N) is 1. The summed E-state index contributed by atoms with van der Waals surface area (Å²) in [7, 11) is 5.79. The summed E-state index contributed by atoms with van der Waals surface area (Å²) in [6.45, 7) is 1.06. The number of ether oxygens (including phenoxy) is 1. The van der Waals surface area contributed by atoms with Crippen molar-refractivity contribution in [2.24, 2.45) is 7.05 Å². The molecule has 3 nitrogen and oxygen atoms in total. The fourth-order valence-corrected chi connectivity index (χ4v) is 2.33. The lowest BCUT2D eigenvalue weighted by Gasteiger charge is -2.04. The van der Waals surface area contributed by atoms with Gasteiger partial charge in [-0.15, -0.1) is 0 Å². The summed E-state index contributed by atoms with van der Waals surface area (Å²) in [6.07, 6.45) is 4.47. The van der Waals surface area contributed by atoms with Gasteiger partial charge in [0.25, 0.3) is 0 Å². The van der Waals surface area contributed by atoms with Crippen molar-refractivity contribution >= 4 is 10.9 Å². The Morgan fingerprint density at radius 3 is 2.88 bits per heavy atom. The molecule has 1 aromatic heterocycles. The van der Waals surface area contributed by atoms with Crippen LogP contribution < -0.4 is 10.1 Å². The van der Waals surface area contributed by atoms with E-state index in [2.05, 4.69) is 35.3 Å². The van der Waals surface area contributed by atoms with Crippen molar-refractivity contribution in [3.8, 4) is 5.75 Å². The third kappa shape index (κ3) is 2.29. The number of aromatic nitrogens is 1. The van der Waals surface area contributed by atoms with Gasteiger partial charge in [0.05, 0.1) is 12.6 Å². The van der Waals surface area contributed by atoms with Crippen LogP contribution in [0.1, 0.15) is 12.0 Å². The summed E-state index contributed by atoms with van der Waals surface area (Å²) < 4.78 is 7.57. The molecule has 17 heavy (non-hydrogen) atoms. The first-order chi connectivity index (χ1) is 8.27. The van der Waals surface area contributed by atoms with Gasteiger partial charge in [0, 0.05) is 18.6 Å². The van der Waals surface area contributed by atoms with E-state index in [-0.39, 0.29) is 0 Å². The largest absolute Gasteiger partial charge is 0.495 e. The molecule has 0 amide bonds. The highest BCUT2D eigenvalue weighted by atomic mass is 16.5. The SMILES string of the molecule is CNCCCc1cn(C)c2c(OC)cccc12. The van der Waals surface area contributed by atoms with Crippen LogP contribution in [0.25, 0.3) is 10.9 Å². The molecule has 0 bridgehead atoms. The van der Waals surface area contributed by atoms with Crippen LogP contribution in [0.15, 0.2) is 24.4 Å². The van der Waals surface area contributed by atoms with Crippen LogP contribution in [0, 0.1) is 0 Å². The van der Waals surface area contributed by atoms with Crippen LogP contribution in [-0.2, 0) is 13.5 Å². The molecule has 0 saturated heterocycles. The Morgan fingerprint density at radius 1 is 1.35 bits per heavy atom. The molecule has 0 fully saturated rings. The van der Waals surface area contributed by atoms with Gasteiger partial charge < -0.3 is 14.6 Å². The molecule has 1 heterocycles. The second kappa shape index (κ2) is 5.23. The van der Waals surface area contributed by atoms with Gasteiger partial charge >= 0.3 is 0 Å². The summed E-state index contributed by atoms with van der Waals surface area (Å²) in [5, 5.41) is 4.49. The van der Waals surface area contributed by atoms with Crippen molar-refractivity contribution in [1.29, 1.82) is 0 Å². The lowest BCUT2D eigenvalue weighted by atomic mass is 10.1. The van der Waals surface area contributed by atoms with E-state index in [1.807, 2.05) is 13.1 Å². The zero-order valence-corrected chi connectivity index (χ0v) is 10.8. The average Bonchev–Trinajstić information content (AvgIpc) is 2.67. The number of methoxy groups -OCH3 is 1. The first-order valence-corrected chi connectivity index (χ1v) is 6.03. The molecular weight excluding hydrogens is 212 g/mol. The van der Waals surface area contributed by atoms with E-state index in [9.17, 15) is 0 Å². The molecule has 1 N–H and O–H groups in total. The lowest BCUT2D eigenvalue weighted by molar-refractivity contribution is 0.418. The zero-order chi connectivity index (χ0) is 12.3. The number of fused-ring (bicyclic) bond motifs is 1. The summed E-state index contributed by atoms with van der Waals surface area (Å²) in [5.74, 6) is 0.949. The molecule has 2 aromatic rings. The maximum Gasteiger partial charge on any atom is 0.143 e. The fourth-order valence-electron chi connectivity index (χ4n) is 2.33. The van der Waals surface area contributed by atoms with Gasteiger partial charge in [-0.2, -0.15) is 0 Å². The highest BCUT2D eigenvalue weighted by Gasteiger charge is 2.09. The predicted molar refractivity (Wildman–Crippen MR) is 71.7 cm³/mol. The Labute approximate surface area is 102 Å². The van der Waals surface area contributed by atoms with Crippen LogP contribution in [0.5, 0.6) is 5.75 Å². The standard InChI is InChI=1S/C14H20N2O/c1-15-9-5-6-11-10-16(2)14-12(11)7-4-8-13(14)17-3/h4,7-8,10,15H,5-6,9H2,1-3H3. The van der Waals surface area contributed by atoms with Crippen LogP contribution in [0.4, 0.5) is 0 Å². The highest BCUT2D eigenvalue weighted by molar-refractivity contribution is 5.89. The Balaban J connectivity index is 2.38. The monoisotopic (exact) mass is 232 g/mol. The Morgan fingerprint density at radius 2 is 2.18 bits per heavy atom. The molecule has 0 radical (unpaired) electrons. The van der Waals surface area contributed by atoms with E-state index in [1.165, 1.54) is 16.5 Å². The lowest BCUT2D eigenvalue weighted by Crippen LogP contribution is -2.08. The molecule has 1 aromatic carbocycles. The van der Waals surface area contributed by atoms with E-state index >= 15 is 0 Å². The molecule has 0 aliphatic heterocycles. The molecule has 0 aliphatic rings. The quantitative estimate of drug-likeness (QED) is 0.801. The van der Waals surface area contributed by atoms with Crippen molar-refractivity contribution in [1.82, 2.24) is 9.88 Å². The third-order valence-electron chi connectivity index (χ3n) is 3.14. The van der Waals surface area contributed by atoms with Gasteiger partial charge in [0.1, 0.15) is 5.75 Å². The van der Waals surface area contributed by atoms with Crippen LogP contribution in [0.3, 0.4) is 0 Å². The highest BCUT2D eigenvalue weighted by Crippen LogP contribution is 2.29. The van der Waals surface area contributed by atoms with E-state index in [4.69, 9.17) is 4.74 Å². The number of hydrogen-bond donors (Lipinski definition) is 1. The molecule has 2 rings (SSSR count). The zero-order valence-electron chi connectivity index (χ0n) is 10.8. The minimum absolute atomic E-state index is 0.949. The molecular formula is C14H20N2O. The Kier molecular flexibility index (Phi) is 3.69. The van der Waals surface area contributed by atoms with E-state index in [0.29, 0.717) is 0 Å². The second-order valence-electron chi connectivity index (χ2n) is 4.33. The minimum Gasteiger partial charge on any atom is -0.495 e. The van der Waals surface area contributed by atoms with E-state index in [1.54, 1.807) is 7.11 Å². The van der Waals surface area contributed by atoms with Gasteiger partial charge in [-0.1, -0.05) is 12.1 Å². The summed E-state index contributed by atoms with van der Waals surface area (Å²) >= 11 is 0. The van der Waals surface area contributed by atoms with Crippen LogP contribution >= 0.6 is 0 Å². The number of rotatable bonds is 5. The van der Waals surface area contributed by atoms with Gasteiger partial charge in [-0.25, -0.2) is 0 Å². The smallest absolute Gasteiger partial charge is 0.143 e. The number of benzene rings is 1. The Hall–Kier alpha value is -1.48. The van der Waals surface area contributed by atoms with Crippen molar-refractivity contribution in [3.63, 3.8) is 0 Å². The van der Waals surface area contributed by atoms with Crippen molar-refractivity contribution < 1.29 is 4.74 Å². The average molecular weight is 232 g/mol. The van der Waals surface area contributed by atoms with Crippen molar-refractivity contribution in [2.75, 3.05) is 20.7 Å². The molecule has 0 spiro atoms. The van der Waals surface area contributed by atoms with E-state index < -0.39 is 0 Å². The minimum atomic E-state index is 0.949. The first kappa shape index (κ1) is 12.0. The predicted octanol–water partition coefficient (Wildman–Crippen LogP) is 2.34. The number of para-hydroxylation sites is 1. The normalized spacial score (nSPS) is 11.0. The number of aryl methyl sites for hydroxylation is 2. The van der Waals surface area contributed by atoms with Crippen molar-refractivity contribution in [3.05, 3.63) is 30.0 Å². The maximum absolute atomic E-state index is 5.41. The van der Waals surface area contributed by atoms with Crippen molar-refractivity contribution in [2.45, 2.75) is 12.8 Å². The van der Waals surface area contributed by atoms with Gasteiger partial charge in [0.15, 0.2) is 0 Å². The first-order valence-electron chi connectivity index (χ1n) is 6.03. The number of hydrogen-bond acceptors (Lipinski definition) is 2. The Bertz CT molecular complexity index is 502. The van der Waals surface area contributed by atoms with Crippen LogP contribution in [-0.4, -0.2) is 25.3 Å². The molecule has 3 heteroatoms. The van der Waals surface area contributed by atoms with Gasteiger partial charge in [-0.05, 0) is 38.1 Å². The molecule has 0 aliphatic carbocycles. The maximum atomic E-state index is 5.41. The fraction of sp³-hybridized carbons (Fsp3) is 0.429. The van der Waals surface area contributed by atoms with Gasteiger partial charge in [-0.3, -0.25) is 0 Å². The topological polar surface area (TPSA) is 26.2 Å². The van der Waals surface area contributed by atoms with E-state index in [0.717, 1.165) is 25.1 Å². The summed E-state index contributed by atoms with van der Waals surface area (Å²) in [4.78, 5) is 0. The second-order valence-corrected chi connectivity index (χ2v) is 4.33. The van der Waals surface area contributed by atoms with Crippen LogP contribution in [0.2, 0.25) is 0 Å². The summed E-state index contributed by atoms with van der Waals surface area (Å²) in [5.41, 5.74) is 2.59. The molecule has 0 unspecified atom stereocenters. The third-order valence-corrected chi connectivity index (χ3v) is 3.14. The number of nitrogens with zero attached hydrogens (tertiary/aromatic N) is 1. The summed E-state index contributed by atoms with van der Waals surface area (Å²) in [6, 6.07) is 6.25.